The van der Waals surface area contributed by atoms with Crippen LogP contribution in [0.15, 0.2) is 65.6 Å². The molecular weight excluding hydrogens is 350 g/mol. The molecule has 3 rings (SSSR count). The molecule has 0 fully saturated rings. The maximum absolute atomic E-state index is 12.8. The fraction of sp³-hybridized carbons (Fsp3) is 0. The number of benzene rings is 3. The van der Waals surface area contributed by atoms with Crippen molar-refractivity contribution >= 4 is 44.1 Å². The summed E-state index contributed by atoms with van der Waals surface area (Å²) in [7, 11) is -3.98. The summed E-state index contributed by atoms with van der Waals surface area (Å²) < 4.78 is 27.9. The van der Waals surface area contributed by atoms with E-state index in [1.165, 1.54) is 30.3 Å². The van der Waals surface area contributed by atoms with Crippen LogP contribution in [-0.2, 0) is 10.0 Å². The molecular formula is C17H12ClNO4S. The summed E-state index contributed by atoms with van der Waals surface area (Å²) in [6.45, 7) is 0. The third-order valence-corrected chi connectivity index (χ3v) is 5.28. The van der Waals surface area contributed by atoms with Gasteiger partial charge < -0.3 is 5.11 Å². The van der Waals surface area contributed by atoms with Crippen LogP contribution in [0.4, 0.5) is 5.69 Å². The first-order valence-electron chi connectivity index (χ1n) is 6.92. The Morgan fingerprint density at radius 1 is 0.917 bits per heavy atom. The van der Waals surface area contributed by atoms with E-state index in [0.717, 1.165) is 0 Å². The third-order valence-electron chi connectivity index (χ3n) is 3.52. The highest BCUT2D eigenvalue weighted by molar-refractivity contribution is 7.93. The number of halogens is 1. The Morgan fingerprint density at radius 2 is 1.54 bits per heavy atom. The van der Waals surface area contributed by atoms with Crippen molar-refractivity contribution in [1.29, 1.82) is 0 Å². The van der Waals surface area contributed by atoms with Gasteiger partial charge in [-0.2, -0.15) is 0 Å². The van der Waals surface area contributed by atoms with Crippen molar-refractivity contribution < 1.29 is 18.3 Å². The van der Waals surface area contributed by atoms with Crippen LogP contribution in [-0.4, -0.2) is 19.5 Å². The van der Waals surface area contributed by atoms with E-state index in [0.29, 0.717) is 15.8 Å². The van der Waals surface area contributed by atoms with E-state index in [1.807, 2.05) is 0 Å². The Labute approximate surface area is 143 Å². The fourth-order valence-electron chi connectivity index (χ4n) is 2.43. The van der Waals surface area contributed by atoms with Gasteiger partial charge in [-0.15, -0.1) is 0 Å². The number of para-hydroxylation sites is 1. The molecule has 0 aromatic heterocycles. The number of carboxylic acid groups (broad SMARTS) is 1. The normalized spacial score (nSPS) is 11.4. The average molecular weight is 362 g/mol. The topological polar surface area (TPSA) is 83.5 Å². The molecule has 2 N–H and O–H groups in total. The van der Waals surface area contributed by atoms with Crippen molar-refractivity contribution in [2.75, 3.05) is 4.72 Å². The molecule has 0 heterocycles. The van der Waals surface area contributed by atoms with Crippen LogP contribution in [0.5, 0.6) is 0 Å². The smallest absolute Gasteiger partial charge is 0.337 e. The summed E-state index contributed by atoms with van der Waals surface area (Å²) in [6, 6.07) is 15.6. The van der Waals surface area contributed by atoms with Crippen LogP contribution < -0.4 is 4.72 Å². The molecule has 3 aromatic rings. The van der Waals surface area contributed by atoms with Gasteiger partial charge in [-0.25, -0.2) is 13.2 Å². The molecule has 5 nitrogen and oxygen atoms in total. The number of hydrogen-bond acceptors (Lipinski definition) is 3. The third kappa shape index (κ3) is 2.93. The Kier molecular flexibility index (Phi) is 4.17. The lowest BCUT2D eigenvalue weighted by Crippen LogP contribution is -2.16. The number of rotatable bonds is 4. The predicted molar refractivity (Wildman–Crippen MR) is 93.2 cm³/mol. The van der Waals surface area contributed by atoms with Gasteiger partial charge in [0.1, 0.15) is 0 Å². The van der Waals surface area contributed by atoms with Gasteiger partial charge >= 0.3 is 5.97 Å². The highest BCUT2D eigenvalue weighted by Crippen LogP contribution is 2.30. The van der Waals surface area contributed by atoms with E-state index in [9.17, 15) is 18.3 Å². The molecule has 24 heavy (non-hydrogen) atoms. The number of fused-ring (bicyclic) bond motifs is 1. The minimum Gasteiger partial charge on any atom is -0.478 e. The van der Waals surface area contributed by atoms with E-state index in [2.05, 4.69) is 4.72 Å². The number of aromatic carboxylic acids is 1. The highest BCUT2D eigenvalue weighted by Gasteiger charge is 2.21. The summed E-state index contributed by atoms with van der Waals surface area (Å²) in [5, 5.41) is 10.7. The van der Waals surface area contributed by atoms with Crippen LogP contribution in [0.25, 0.3) is 10.8 Å². The lowest BCUT2D eigenvalue weighted by Gasteiger charge is -2.13. The number of sulfonamides is 1. The summed E-state index contributed by atoms with van der Waals surface area (Å²) in [5.74, 6) is -1.21. The molecule has 0 unspecified atom stereocenters. The molecule has 0 aliphatic carbocycles. The molecule has 0 bridgehead atoms. The number of carbonyl (C=O) groups is 1. The predicted octanol–water partition coefficient (Wildman–Crippen LogP) is 3.99. The van der Waals surface area contributed by atoms with Crippen LogP contribution in [0, 0.1) is 0 Å². The zero-order chi connectivity index (χ0) is 17.3. The molecule has 0 atom stereocenters. The summed E-state index contributed by atoms with van der Waals surface area (Å²) in [6.07, 6.45) is 0. The summed E-state index contributed by atoms with van der Waals surface area (Å²) >= 11 is 6.11. The van der Waals surface area contributed by atoms with Crippen molar-refractivity contribution in [3.05, 3.63) is 71.2 Å². The Morgan fingerprint density at radius 3 is 2.25 bits per heavy atom. The Balaban J connectivity index is 2.14. The van der Waals surface area contributed by atoms with Gasteiger partial charge in [0.2, 0.25) is 0 Å². The minimum atomic E-state index is -3.98. The lowest BCUT2D eigenvalue weighted by molar-refractivity contribution is 0.0698. The second-order valence-corrected chi connectivity index (χ2v) is 7.11. The van der Waals surface area contributed by atoms with E-state index in [1.54, 1.807) is 30.3 Å². The number of hydrogen-bond donors (Lipinski definition) is 2. The fourth-order valence-corrected chi connectivity index (χ4v) is 3.95. The van der Waals surface area contributed by atoms with E-state index >= 15 is 0 Å². The second-order valence-electron chi connectivity index (χ2n) is 5.05. The van der Waals surface area contributed by atoms with Crippen LogP contribution in [0.1, 0.15) is 10.4 Å². The van der Waals surface area contributed by atoms with Crippen molar-refractivity contribution in [3.8, 4) is 0 Å². The molecule has 7 heteroatoms. The van der Waals surface area contributed by atoms with Gasteiger partial charge in [0, 0.05) is 15.8 Å². The minimum absolute atomic E-state index is 0.00373. The zero-order valence-electron chi connectivity index (χ0n) is 12.2. The molecule has 0 aliphatic rings. The van der Waals surface area contributed by atoms with Crippen LogP contribution in [0.3, 0.4) is 0 Å². The van der Waals surface area contributed by atoms with Gasteiger partial charge in [0.15, 0.2) is 0 Å². The number of carboxylic acids is 1. The van der Waals surface area contributed by atoms with Gasteiger partial charge in [0.05, 0.1) is 16.1 Å². The number of anilines is 1. The first kappa shape index (κ1) is 16.3. The maximum Gasteiger partial charge on any atom is 0.337 e. The van der Waals surface area contributed by atoms with E-state index in [-0.39, 0.29) is 16.1 Å². The van der Waals surface area contributed by atoms with Crippen LogP contribution >= 0.6 is 11.6 Å². The second kappa shape index (κ2) is 6.14. The lowest BCUT2D eigenvalue weighted by atomic mass is 10.1. The molecule has 0 spiro atoms. The number of nitrogens with one attached hydrogen (secondary N) is 1. The molecule has 0 radical (unpaired) electrons. The Hall–Kier alpha value is -2.57. The standard InChI is InChI=1S/C17H12ClNO4S/c18-14-9-10-16(12-6-2-1-5-11(12)14)24(22,23)19-15-8-4-3-7-13(15)17(20)21/h1-10,19H,(H,20,21). The molecule has 122 valence electrons. The zero-order valence-corrected chi connectivity index (χ0v) is 13.8. The van der Waals surface area contributed by atoms with E-state index in [4.69, 9.17) is 11.6 Å². The van der Waals surface area contributed by atoms with Crippen LogP contribution in [0.2, 0.25) is 5.02 Å². The van der Waals surface area contributed by atoms with Gasteiger partial charge in [-0.3, -0.25) is 4.72 Å². The summed E-state index contributed by atoms with van der Waals surface area (Å²) in [4.78, 5) is 11.3. The highest BCUT2D eigenvalue weighted by atomic mass is 35.5. The van der Waals surface area contributed by atoms with Gasteiger partial charge in [0.25, 0.3) is 10.0 Å². The molecule has 0 saturated carbocycles. The molecule has 0 aliphatic heterocycles. The monoisotopic (exact) mass is 361 g/mol. The average Bonchev–Trinajstić information content (AvgIpc) is 2.55. The van der Waals surface area contributed by atoms with Crippen molar-refractivity contribution in [2.45, 2.75) is 4.90 Å². The van der Waals surface area contributed by atoms with Crippen molar-refractivity contribution in [1.82, 2.24) is 0 Å². The first-order chi connectivity index (χ1) is 11.4. The maximum atomic E-state index is 12.8. The largest absolute Gasteiger partial charge is 0.478 e. The molecule has 3 aromatic carbocycles. The van der Waals surface area contributed by atoms with E-state index < -0.39 is 16.0 Å². The SMILES string of the molecule is O=C(O)c1ccccc1NS(=O)(=O)c1ccc(Cl)c2ccccc12. The van der Waals surface area contributed by atoms with Gasteiger partial charge in [-0.1, -0.05) is 48.0 Å². The Bertz CT molecular complexity index is 1050. The summed E-state index contributed by atoms with van der Waals surface area (Å²) in [5.41, 5.74) is -0.122. The first-order valence-corrected chi connectivity index (χ1v) is 8.78. The van der Waals surface area contributed by atoms with Crippen molar-refractivity contribution in [3.63, 3.8) is 0 Å². The molecule has 0 saturated heterocycles. The quantitative estimate of drug-likeness (QED) is 0.735. The van der Waals surface area contributed by atoms with Gasteiger partial charge in [-0.05, 0) is 24.3 Å². The molecule has 0 amide bonds. The van der Waals surface area contributed by atoms with Crippen molar-refractivity contribution in [2.24, 2.45) is 0 Å².